The average Bonchev–Trinajstić information content (AvgIpc) is 2.84. The highest BCUT2D eigenvalue weighted by Crippen LogP contribution is 2.37. The molecule has 94 valence electrons. The van der Waals surface area contributed by atoms with Crippen LogP contribution in [0.1, 0.15) is 37.0 Å². The summed E-state index contributed by atoms with van der Waals surface area (Å²) in [5.41, 5.74) is 10.7. The maximum atomic E-state index is 6.13. The van der Waals surface area contributed by atoms with Crippen LogP contribution in [0.3, 0.4) is 0 Å². The van der Waals surface area contributed by atoms with E-state index in [-0.39, 0.29) is 6.04 Å². The Bertz CT molecular complexity index is 601. The molecule has 0 bridgehead atoms. The Kier molecular flexibility index (Phi) is 2.68. The lowest BCUT2D eigenvalue weighted by Crippen LogP contribution is -2.18. The van der Waals surface area contributed by atoms with Crippen molar-refractivity contribution in [1.82, 2.24) is 9.97 Å². The number of aromatic amines is 1. The Hall–Kier alpha value is -1.32. The van der Waals surface area contributed by atoms with E-state index in [2.05, 4.69) is 23.8 Å². The maximum absolute atomic E-state index is 6.13. The van der Waals surface area contributed by atoms with Gasteiger partial charge in [0.25, 0.3) is 0 Å². The number of halogens is 1. The largest absolute Gasteiger partial charge is 0.344 e. The van der Waals surface area contributed by atoms with Crippen LogP contribution in [0.4, 0.5) is 0 Å². The zero-order chi connectivity index (χ0) is 12.9. The third-order valence-electron chi connectivity index (χ3n) is 3.52. The second-order valence-corrected chi connectivity index (χ2v) is 5.63. The Morgan fingerprint density at radius 2 is 2.17 bits per heavy atom. The molecule has 0 saturated heterocycles. The minimum absolute atomic E-state index is 0.0358. The fourth-order valence-electron chi connectivity index (χ4n) is 2.38. The van der Waals surface area contributed by atoms with Crippen LogP contribution in [0.2, 0.25) is 5.02 Å². The molecular formula is C14H16ClN3. The van der Waals surface area contributed by atoms with Crippen molar-refractivity contribution >= 4 is 11.6 Å². The molecule has 1 aliphatic carbocycles. The van der Waals surface area contributed by atoms with E-state index in [0.717, 1.165) is 28.7 Å². The predicted octanol–water partition coefficient (Wildman–Crippen LogP) is 3.29. The molecule has 1 aromatic carbocycles. The van der Waals surface area contributed by atoms with Crippen molar-refractivity contribution in [3.05, 3.63) is 40.3 Å². The van der Waals surface area contributed by atoms with Gasteiger partial charge in [0.1, 0.15) is 5.82 Å². The second-order valence-electron chi connectivity index (χ2n) is 5.20. The average molecular weight is 262 g/mol. The summed E-state index contributed by atoms with van der Waals surface area (Å²) in [6.07, 6.45) is 0.864. The van der Waals surface area contributed by atoms with Gasteiger partial charge in [-0.3, -0.25) is 0 Å². The molecule has 0 radical (unpaired) electrons. The molecule has 3 N–H and O–H groups in total. The van der Waals surface area contributed by atoms with Crippen LogP contribution >= 0.6 is 11.6 Å². The van der Waals surface area contributed by atoms with Gasteiger partial charge in [-0.1, -0.05) is 31.5 Å². The number of hydrogen-bond donors (Lipinski definition) is 2. The molecule has 0 spiro atoms. The molecule has 1 atom stereocenters. The second kappa shape index (κ2) is 4.11. The molecule has 18 heavy (non-hydrogen) atoms. The van der Waals surface area contributed by atoms with Crippen molar-refractivity contribution in [2.75, 3.05) is 0 Å². The molecule has 3 nitrogen and oxygen atoms in total. The monoisotopic (exact) mass is 261 g/mol. The van der Waals surface area contributed by atoms with Gasteiger partial charge in [-0.05, 0) is 23.6 Å². The summed E-state index contributed by atoms with van der Waals surface area (Å²) in [6.45, 7) is 4.21. The molecule has 1 heterocycles. The van der Waals surface area contributed by atoms with E-state index in [0.29, 0.717) is 5.92 Å². The quantitative estimate of drug-likeness (QED) is 0.744. The number of hydrogen-bond acceptors (Lipinski definition) is 2. The summed E-state index contributed by atoms with van der Waals surface area (Å²) in [6, 6.07) is 5.92. The van der Waals surface area contributed by atoms with E-state index in [1.165, 1.54) is 11.1 Å². The smallest absolute Gasteiger partial charge is 0.124 e. The number of imidazole rings is 1. The summed E-state index contributed by atoms with van der Waals surface area (Å²) in [7, 11) is 0. The van der Waals surface area contributed by atoms with Crippen LogP contribution in [-0.2, 0) is 6.42 Å². The highest BCUT2D eigenvalue weighted by molar-refractivity contribution is 6.30. The zero-order valence-corrected chi connectivity index (χ0v) is 11.3. The van der Waals surface area contributed by atoms with Crippen LogP contribution in [0.25, 0.3) is 11.3 Å². The minimum Gasteiger partial charge on any atom is -0.344 e. The molecule has 0 amide bonds. The lowest BCUT2D eigenvalue weighted by molar-refractivity contribution is 0.493. The normalized spacial score (nSPS) is 14.7. The summed E-state index contributed by atoms with van der Waals surface area (Å²) in [4.78, 5) is 8.02. The first-order valence-corrected chi connectivity index (χ1v) is 6.57. The number of benzene rings is 1. The summed E-state index contributed by atoms with van der Waals surface area (Å²) in [5.74, 6) is 1.26. The summed E-state index contributed by atoms with van der Waals surface area (Å²) in [5, 5.41) is 0.776. The first-order chi connectivity index (χ1) is 8.56. The molecule has 0 saturated carbocycles. The van der Waals surface area contributed by atoms with Gasteiger partial charge in [0, 0.05) is 22.7 Å². The number of nitrogens with two attached hydrogens (primary N) is 1. The lowest BCUT2D eigenvalue weighted by atomic mass is 10.1. The topological polar surface area (TPSA) is 54.7 Å². The standard InChI is InChI=1S/C14H16ClN3/c1-7(2)12(16)14-17-11-6-8-5-9(15)3-4-10(8)13(11)18-14/h3-5,7,12H,6,16H2,1-2H3,(H,17,18). The highest BCUT2D eigenvalue weighted by atomic mass is 35.5. The van der Waals surface area contributed by atoms with Gasteiger partial charge < -0.3 is 10.7 Å². The van der Waals surface area contributed by atoms with E-state index in [1.807, 2.05) is 18.2 Å². The van der Waals surface area contributed by atoms with Crippen LogP contribution in [-0.4, -0.2) is 9.97 Å². The number of fused-ring (bicyclic) bond motifs is 3. The highest BCUT2D eigenvalue weighted by Gasteiger charge is 2.25. The number of H-pyrrole nitrogens is 1. The molecule has 4 heteroatoms. The fourth-order valence-corrected chi connectivity index (χ4v) is 2.58. The number of nitrogens with zero attached hydrogens (tertiary/aromatic N) is 1. The molecule has 3 rings (SSSR count). The first-order valence-electron chi connectivity index (χ1n) is 6.19. The first kappa shape index (κ1) is 11.8. The van der Waals surface area contributed by atoms with Gasteiger partial charge >= 0.3 is 0 Å². The van der Waals surface area contributed by atoms with Crippen molar-refractivity contribution < 1.29 is 0 Å². The Morgan fingerprint density at radius 3 is 2.89 bits per heavy atom. The van der Waals surface area contributed by atoms with Gasteiger partial charge in [-0.15, -0.1) is 0 Å². The lowest BCUT2D eigenvalue weighted by Gasteiger charge is -2.12. The molecule has 0 aliphatic heterocycles. The van der Waals surface area contributed by atoms with Crippen LogP contribution < -0.4 is 5.73 Å². The van der Waals surface area contributed by atoms with E-state index in [1.54, 1.807) is 0 Å². The maximum Gasteiger partial charge on any atom is 0.124 e. The van der Waals surface area contributed by atoms with E-state index < -0.39 is 0 Å². The number of nitrogens with one attached hydrogen (secondary N) is 1. The van der Waals surface area contributed by atoms with Gasteiger partial charge in [0.15, 0.2) is 0 Å². The summed E-state index contributed by atoms with van der Waals surface area (Å²) < 4.78 is 0. The van der Waals surface area contributed by atoms with Crippen molar-refractivity contribution in [3.8, 4) is 11.3 Å². The minimum atomic E-state index is -0.0358. The molecule has 1 unspecified atom stereocenters. The SMILES string of the molecule is CC(C)C(N)c1nc2c([nH]1)Cc1cc(Cl)ccc1-2. The molecule has 2 aromatic rings. The Labute approximate surface area is 111 Å². The number of rotatable bonds is 2. The van der Waals surface area contributed by atoms with Crippen molar-refractivity contribution in [2.24, 2.45) is 11.7 Å². The van der Waals surface area contributed by atoms with Crippen molar-refractivity contribution in [3.63, 3.8) is 0 Å². The van der Waals surface area contributed by atoms with E-state index in [9.17, 15) is 0 Å². The van der Waals surface area contributed by atoms with Crippen molar-refractivity contribution in [1.29, 1.82) is 0 Å². The third-order valence-corrected chi connectivity index (χ3v) is 3.76. The van der Waals surface area contributed by atoms with Gasteiger partial charge in [-0.25, -0.2) is 4.98 Å². The van der Waals surface area contributed by atoms with Crippen LogP contribution in [0.5, 0.6) is 0 Å². The van der Waals surface area contributed by atoms with E-state index >= 15 is 0 Å². The Balaban J connectivity index is 2.03. The summed E-state index contributed by atoms with van der Waals surface area (Å²) >= 11 is 6.01. The van der Waals surface area contributed by atoms with Crippen molar-refractivity contribution in [2.45, 2.75) is 26.3 Å². The molecule has 0 fully saturated rings. The third kappa shape index (κ3) is 1.74. The van der Waals surface area contributed by atoms with Gasteiger partial charge in [-0.2, -0.15) is 0 Å². The van der Waals surface area contributed by atoms with Gasteiger partial charge in [0.05, 0.1) is 11.7 Å². The van der Waals surface area contributed by atoms with Crippen LogP contribution in [0, 0.1) is 5.92 Å². The van der Waals surface area contributed by atoms with Crippen LogP contribution in [0.15, 0.2) is 18.2 Å². The van der Waals surface area contributed by atoms with Gasteiger partial charge in [0.2, 0.25) is 0 Å². The fraction of sp³-hybridized carbons (Fsp3) is 0.357. The molecular weight excluding hydrogens is 246 g/mol. The van der Waals surface area contributed by atoms with E-state index in [4.69, 9.17) is 17.3 Å². The zero-order valence-electron chi connectivity index (χ0n) is 10.5. The predicted molar refractivity (Wildman–Crippen MR) is 73.6 cm³/mol. The molecule has 1 aromatic heterocycles. The number of aromatic nitrogens is 2. The molecule has 1 aliphatic rings. The Morgan fingerprint density at radius 1 is 1.39 bits per heavy atom.